The molecule has 1 aliphatic heterocycles. The molecule has 19 heavy (non-hydrogen) atoms. The Balaban J connectivity index is 2.11. The fourth-order valence-electron chi connectivity index (χ4n) is 2.72. The lowest BCUT2D eigenvalue weighted by molar-refractivity contribution is 0.0400. The normalized spacial score (nSPS) is 24.9. The molecule has 1 fully saturated rings. The molecule has 0 radical (unpaired) electrons. The molecule has 0 aromatic carbocycles. The molecular formula is C14H24BrN3O. The van der Waals surface area contributed by atoms with Crippen LogP contribution in [0.25, 0.3) is 0 Å². The van der Waals surface area contributed by atoms with Crippen molar-refractivity contribution in [2.75, 3.05) is 0 Å². The van der Waals surface area contributed by atoms with Gasteiger partial charge in [-0.3, -0.25) is 4.68 Å². The average molecular weight is 330 g/mol. The molecule has 2 rings (SSSR count). The van der Waals surface area contributed by atoms with Crippen LogP contribution in [0.4, 0.5) is 0 Å². The zero-order valence-electron chi connectivity index (χ0n) is 12.0. The molecule has 1 aromatic rings. The molecule has 0 aliphatic carbocycles. The van der Waals surface area contributed by atoms with E-state index in [-0.39, 0.29) is 12.1 Å². The molecule has 3 atom stereocenters. The Bertz CT molecular complexity index is 433. The summed E-state index contributed by atoms with van der Waals surface area (Å²) in [6.07, 6.45) is 4.48. The summed E-state index contributed by atoms with van der Waals surface area (Å²) in [4.78, 5) is 0. The molecule has 0 spiro atoms. The lowest BCUT2D eigenvalue weighted by Crippen LogP contribution is -2.37. The number of hydrogen-bond donors (Lipinski definition) is 1. The number of halogens is 1. The van der Waals surface area contributed by atoms with E-state index in [1.165, 1.54) is 5.69 Å². The third-order valence-electron chi connectivity index (χ3n) is 3.87. The van der Waals surface area contributed by atoms with E-state index in [0.29, 0.717) is 6.10 Å². The van der Waals surface area contributed by atoms with Crippen LogP contribution < -0.4 is 5.73 Å². The summed E-state index contributed by atoms with van der Waals surface area (Å²) >= 11 is 3.67. The topological polar surface area (TPSA) is 53.1 Å². The standard InChI is InChI=1S/C14H24BrN3O/c1-4-11-14(15)12(18(5-2)17-11)8-10(16)13-7-6-9(3)19-13/h9-10,13H,4-8,16H2,1-3H3. The molecule has 1 aromatic heterocycles. The zero-order valence-corrected chi connectivity index (χ0v) is 13.6. The van der Waals surface area contributed by atoms with Gasteiger partial charge in [0.2, 0.25) is 0 Å². The molecule has 3 unspecified atom stereocenters. The van der Waals surface area contributed by atoms with Crippen molar-refractivity contribution in [3.05, 3.63) is 15.9 Å². The smallest absolute Gasteiger partial charge is 0.0766 e. The molecule has 2 N–H and O–H groups in total. The van der Waals surface area contributed by atoms with Crippen molar-refractivity contribution in [1.29, 1.82) is 0 Å². The number of nitrogens with two attached hydrogens (primary N) is 1. The molecule has 1 saturated heterocycles. The van der Waals surface area contributed by atoms with Crippen LogP contribution in [0.15, 0.2) is 4.47 Å². The molecule has 4 nitrogen and oxygen atoms in total. The Morgan fingerprint density at radius 1 is 1.47 bits per heavy atom. The summed E-state index contributed by atoms with van der Waals surface area (Å²) in [6, 6.07) is 0.0490. The first-order valence-electron chi connectivity index (χ1n) is 7.21. The molecule has 0 bridgehead atoms. The average Bonchev–Trinajstić information content (AvgIpc) is 2.95. The van der Waals surface area contributed by atoms with Gasteiger partial charge in [-0.2, -0.15) is 5.10 Å². The van der Waals surface area contributed by atoms with Gasteiger partial charge in [0.25, 0.3) is 0 Å². The Labute approximate surface area is 123 Å². The molecule has 108 valence electrons. The summed E-state index contributed by atoms with van der Waals surface area (Å²) in [6.45, 7) is 7.23. The van der Waals surface area contributed by atoms with Crippen LogP contribution in [-0.2, 0) is 24.1 Å². The van der Waals surface area contributed by atoms with Crippen LogP contribution in [0, 0.1) is 0 Å². The van der Waals surface area contributed by atoms with Crippen molar-refractivity contribution in [2.45, 2.75) is 71.2 Å². The summed E-state index contributed by atoms with van der Waals surface area (Å²) in [7, 11) is 0. The van der Waals surface area contributed by atoms with E-state index in [1.807, 2.05) is 0 Å². The van der Waals surface area contributed by atoms with Gasteiger partial charge >= 0.3 is 0 Å². The van der Waals surface area contributed by atoms with Crippen LogP contribution in [0.3, 0.4) is 0 Å². The lowest BCUT2D eigenvalue weighted by atomic mass is 10.0. The summed E-state index contributed by atoms with van der Waals surface area (Å²) in [5, 5.41) is 4.61. The number of aryl methyl sites for hydroxylation is 2. The number of aromatic nitrogens is 2. The van der Waals surface area contributed by atoms with Gasteiger partial charge in [-0.1, -0.05) is 6.92 Å². The third-order valence-corrected chi connectivity index (χ3v) is 4.78. The van der Waals surface area contributed by atoms with E-state index >= 15 is 0 Å². The van der Waals surface area contributed by atoms with Gasteiger partial charge in [0.15, 0.2) is 0 Å². The highest BCUT2D eigenvalue weighted by Gasteiger charge is 2.29. The Hall–Kier alpha value is -0.390. The largest absolute Gasteiger partial charge is 0.374 e. The molecule has 1 aliphatic rings. The monoisotopic (exact) mass is 329 g/mol. The Kier molecular flexibility index (Phi) is 5.03. The van der Waals surface area contributed by atoms with Crippen molar-refractivity contribution in [2.24, 2.45) is 5.73 Å². The quantitative estimate of drug-likeness (QED) is 0.903. The van der Waals surface area contributed by atoms with Gasteiger partial charge in [-0.25, -0.2) is 0 Å². The van der Waals surface area contributed by atoms with Gasteiger partial charge in [0, 0.05) is 19.0 Å². The van der Waals surface area contributed by atoms with Crippen molar-refractivity contribution < 1.29 is 4.74 Å². The maximum Gasteiger partial charge on any atom is 0.0766 e. The van der Waals surface area contributed by atoms with Gasteiger partial charge in [-0.05, 0) is 49.0 Å². The second kappa shape index (κ2) is 6.37. The van der Waals surface area contributed by atoms with E-state index < -0.39 is 0 Å². The number of ether oxygens (including phenoxy) is 1. The molecule has 2 heterocycles. The van der Waals surface area contributed by atoms with Crippen molar-refractivity contribution in [1.82, 2.24) is 9.78 Å². The number of hydrogen-bond acceptors (Lipinski definition) is 3. The lowest BCUT2D eigenvalue weighted by Gasteiger charge is -2.20. The van der Waals surface area contributed by atoms with Gasteiger partial charge in [-0.15, -0.1) is 0 Å². The maximum atomic E-state index is 6.33. The van der Waals surface area contributed by atoms with Crippen LogP contribution >= 0.6 is 15.9 Å². The fraction of sp³-hybridized carbons (Fsp3) is 0.786. The van der Waals surface area contributed by atoms with E-state index in [4.69, 9.17) is 10.5 Å². The summed E-state index contributed by atoms with van der Waals surface area (Å²) in [5.74, 6) is 0. The van der Waals surface area contributed by atoms with Crippen LogP contribution in [0.2, 0.25) is 0 Å². The van der Waals surface area contributed by atoms with Gasteiger partial charge < -0.3 is 10.5 Å². The van der Waals surface area contributed by atoms with Crippen molar-refractivity contribution in [3.63, 3.8) is 0 Å². The first-order valence-corrected chi connectivity index (χ1v) is 8.01. The fourth-order valence-corrected chi connectivity index (χ4v) is 3.44. The van der Waals surface area contributed by atoms with Gasteiger partial charge in [0.05, 0.1) is 28.1 Å². The van der Waals surface area contributed by atoms with E-state index in [1.54, 1.807) is 0 Å². The van der Waals surface area contributed by atoms with Crippen LogP contribution in [0.1, 0.15) is 45.0 Å². The predicted octanol–water partition coefficient (Wildman–Crippen LogP) is 2.67. The Morgan fingerprint density at radius 3 is 2.74 bits per heavy atom. The van der Waals surface area contributed by atoms with Crippen LogP contribution in [-0.4, -0.2) is 28.0 Å². The number of nitrogens with zero attached hydrogens (tertiary/aromatic N) is 2. The number of rotatable bonds is 5. The zero-order chi connectivity index (χ0) is 14.0. The second-order valence-electron chi connectivity index (χ2n) is 5.31. The Morgan fingerprint density at radius 2 is 2.21 bits per heavy atom. The van der Waals surface area contributed by atoms with E-state index in [9.17, 15) is 0 Å². The molecule has 5 heteroatoms. The minimum absolute atomic E-state index is 0.0490. The third kappa shape index (κ3) is 3.20. The summed E-state index contributed by atoms with van der Waals surface area (Å²) < 4.78 is 9.05. The van der Waals surface area contributed by atoms with Crippen molar-refractivity contribution >= 4 is 15.9 Å². The second-order valence-corrected chi connectivity index (χ2v) is 6.10. The van der Waals surface area contributed by atoms with E-state index in [2.05, 4.69) is 46.5 Å². The van der Waals surface area contributed by atoms with E-state index in [0.717, 1.165) is 42.4 Å². The first-order chi connectivity index (χ1) is 9.06. The summed E-state index contributed by atoms with van der Waals surface area (Å²) in [5.41, 5.74) is 8.65. The molecule has 0 saturated carbocycles. The van der Waals surface area contributed by atoms with Gasteiger partial charge in [0.1, 0.15) is 0 Å². The minimum atomic E-state index is 0.0490. The predicted molar refractivity (Wildman–Crippen MR) is 80.2 cm³/mol. The first kappa shape index (κ1) is 15.0. The highest BCUT2D eigenvalue weighted by Crippen LogP contribution is 2.27. The maximum absolute atomic E-state index is 6.33. The molecule has 0 amide bonds. The van der Waals surface area contributed by atoms with Crippen LogP contribution in [0.5, 0.6) is 0 Å². The SMILES string of the molecule is CCc1nn(CC)c(CC(N)C2CCC(C)O2)c1Br. The van der Waals surface area contributed by atoms with Crippen molar-refractivity contribution in [3.8, 4) is 0 Å². The highest BCUT2D eigenvalue weighted by atomic mass is 79.9. The highest BCUT2D eigenvalue weighted by molar-refractivity contribution is 9.10. The molecular weight excluding hydrogens is 306 g/mol. The minimum Gasteiger partial charge on any atom is -0.374 e.